The minimum atomic E-state index is -4.34. The Kier molecular flexibility index (Phi) is 4.47. The van der Waals surface area contributed by atoms with Gasteiger partial charge in [-0.25, -0.2) is 4.79 Å². The summed E-state index contributed by atoms with van der Waals surface area (Å²) in [5.74, 6) is -0.258. The maximum Gasteiger partial charge on any atom is 0.331 e. The van der Waals surface area contributed by atoms with Crippen LogP contribution in [0.4, 0.5) is 0 Å². The van der Waals surface area contributed by atoms with E-state index < -0.39 is 21.6 Å². The summed E-state index contributed by atoms with van der Waals surface area (Å²) in [6, 6.07) is 13.2. The van der Waals surface area contributed by atoms with E-state index in [4.69, 9.17) is 10.5 Å². The van der Waals surface area contributed by atoms with E-state index in [9.17, 15) is 17.8 Å². The van der Waals surface area contributed by atoms with Gasteiger partial charge in [0.1, 0.15) is 11.3 Å². The molecule has 0 spiro atoms. The number of nitrogens with two attached hydrogens (primary N) is 1. The summed E-state index contributed by atoms with van der Waals surface area (Å²) in [6.45, 7) is 3.39. The minimum Gasteiger partial charge on any atom is -0.424 e. The Morgan fingerprint density at radius 1 is 1.12 bits per heavy atom. The molecule has 7 heteroatoms. The van der Waals surface area contributed by atoms with E-state index in [1.165, 1.54) is 18.2 Å². The highest BCUT2D eigenvalue weighted by atomic mass is 32.2. The van der Waals surface area contributed by atoms with E-state index in [0.717, 1.165) is 5.39 Å². The quantitative estimate of drug-likeness (QED) is 0.315. The van der Waals surface area contributed by atoms with Crippen LogP contribution < -0.4 is 10.5 Å². The average molecular weight is 373 g/mol. The molecular formula is C19H19NO5S. The molecule has 0 fully saturated rings. The molecule has 0 saturated heterocycles. The summed E-state index contributed by atoms with van der Waals surface area (Å²) in [7, 11) is -4.34. The van der Waals surface area contributed by atoms with Crippen molar-refractivity contribution in [3.05, 3.63) is 48.5 Å². The summed E-state index contributed by atoms with van der Waals surface area (Å²) in [4.78, 5) is 12.3. The third-order valence-electron chi connectivity index (χ3n) is 4.48. The molecule has 0 radical (unpaired) electrons. The number of esters is 1. The van der Waals surface area contributed by atoms with Crippen molar-refractivity contribution in [1.29, 1.82) is 0 Å². The van der Waals surface area contributed by atoms with Gasteiger partial charge in [-0.3, -0.25) is 4.55 Å². The normalized spacial score (nSPS) is 14.3. The van der Waals surface area contributed by atoms with Crippen LogP contribution in [0.25, 0.3) is 21.5 Å². The minimum absolute atomic E-state index is 0.227. The van der Waals surface area contributed by atoms with Gasteiger partial charge in [-0.15, -0.1) is 0 Å². The Bertz CT molecular complexity index is 1120. The molecule has 0 heterocycles. The zero-order valence-electron chi connectivity index (χ0n) is 14.4. The van der Waals surface area contributed by atoms with Crippen LogP contribution in [-0.4, -0.2) is 24.5 Å². The number of hydrogen-bond acceptors (Lipinski definition) is 5. The second kappa shape index (κ2) is 6.35. The standard InChI is InChI=1S/C19H19NO5S/c1-3-19(2,20)18(21)25-17-15-7-5-4-6-12(15)10-13-11-14(26(22,23)24)8-9-16(13)17/h4-11H,3,20H2,1-2H3,(H,22,23,24). The third-order valence-corrected chi connectivity index (χ3v) is 5.33. The average Bonchev–Trinajstić information content (AvgIpc) is 2.60. The van der Waals surface area contributed by atoms with Gasteiger partial charge in [-0.1, -0.05) is 31.2 Å². The molecule has 3 N–H and O–H groups in total. The number of rotatable bonds is 4. The van der Waals surface area contributed by atoms with Crippen molar-refractivity contribution in [2.75, 3.05) is 0 Å². The number of carbonyl (C=O) groups is 1. The second-order valence-corrected chi connectivity index (χ2v) is 7.87. The van der Waals surface area contributed by atoms with E-state index in [-0.39, 0.29) is 4.90 Å². The lowest BCUT2D eigenvalue weighted by atomic mass is 10.00. The maximum atomic E-state index is 12.5. The molecule has 0 bridgehead atoms. The van der Waals surface area contributed by atoms with Crippen LogP contribution in [0.2, 0.25) is 0 Å². The van der Waals surface area contributed by atoms with E-state index in [2.05, 4.69) is 0 Å². The predicted octanol–water partition coefficient (Wildman–Crippen LogP) is 3.27. The molecular weight excluding hydrogens is 354 g/mol. The topological polar surface area (TPSA) is 107 Å². The van der Waals surface area contributed by atoms with Gasteiger partial charge in [0.25, 0.3) is 10.1 Å². The lowest BCUT2D eigenvalue weighted by molar-refractivity contribution is -0.139. The Morgan fingerprint density at radius 3 is 2.42 bits per heavy atom. The zero-order chi connectivity index (χ0) is 19.1. The van der Waals surface area contributed by atoms with Gasteiger partial charge in [0.15, 0.2) is 0 Å². The fraction of sp³-hybridized carbons (Fsp3) is 0.211. The SMILES string of the molecule is CCC(C)(N)C(=O)Oc1c2ccccc2cc2cc(S(=O)(=O)O)ccc12. The van der Waals surface area contributed by atoms with Crippen LogP contribution in [-0.2, 0) is 14.9 Å². The van der Waals surface area contributed by atoms with Crippen molar-refractivity contribution < 1.29 is 22.5 Å². The first kappa shape index (κ1) is 18.3. The molecule has 136 valence electrons. The molecule has 0 aliphatic rings. The zero-order valence-corrected chi connectivity index (χ0v) is 15.2. The summed E-state index contributed by atoms with van der Waals surface area (Å²) >= 11 is 0. The maximum absolute atomic E-state index is 12.5. The molecule has 1 atom stereocenters. The van der Waals surface area contributed by atoms with Crippen molar-refractivity contribution >= 4 is 37.6 Å². The summed E-state index contributed by atoms with van der Waals surface area (Å²) < 4.78 is 37.8. The Hall–Kier alpha value is -2.48. The van der Waals surface area contributed by atoms with Crippen molar-refractivity contribution in [3.63, 3.8) is 0 Å². The highest BCUT2D eigenvalue weighted by Crippen LogP contribution is 2.36. The summed E-state index contributed by atoms with van der Waals surface area (Å²) in [5.41, 5.74) is 4.85. The predicted molar refractivity (Wildman–Crippen MR) is 99.8 cm³/mol. The highest BCUT2D eigenvalue weighted by Gasteiger charge is 2.29. The molecule has 0 aromatic heterocycles. The number of ether oxygens (including phenoxy) is 1. The fourth-order valence-corrected chi connectivity index (χ4v) is 3.15. The van der Waals surface area contributed by atoms with Crippen LogP contribution in [0, 0.1) is 0 Å². The molecule has 26 heavy (non-hydrogen) atoms. The molecule has 0 aliphatic heterocycles. The molecule has 3 rings (SSSR count). The number of benzene rings is 3. The van der Waals surface area contributed by atoms with Crippen LogP contribution in [0.5, 0.6) is 5.75 Å². The van der Waals surface area contributed by atoms with Gasteiger partial charge in [-0.05, 0) is 48.4 Å². The summed E-state index contributed by atoms with van der Waals surface area (Å²) in [5, 5.41) is 2.55. The number of hydrogen-bond donors (Lipinski definition) is 2. The van der Waals surface area contributed by atoms with Crippen molar-refractivity contribution in [3.8, 4) is 5.75 Å². The van der Waals surface area contributed by atoms with Crippen molar-refractivity contribution in [2.45, 2.75) is 30.7 Å². The molecule has 0 saturated carbocycles. The van der Waals surface area contributed by atoms with Gasteiger partial charge in [0.05, 0.1) is 4.90 Å². The van der Waals surface area contributed by atoms with Crippen LogP contribution in [0.3, 0.4) is 0 Å². The first-order chi connectivity index (χ1) is 12.1. The Morgan fingerprint density at radius 2 is 1.77 bits per heavy atom. The van der Waals surface area contributed by atoms with Crippen LogP contribution >= 0.6 is 0 Å². The lowest BCUT2D eigenvalue weighted by Crippen LogP contribution is -2.46. The largest absolute Gasteiger partial charge is 0.424 e. The van der Waals surface area contributed by atoms with E-state index in [1.54, 1.807) is 19.9 Å². The molecule has 3 aromatic carbocycles. The van der Waals surface area contributed by atoms with Crippen LogP contribution in [0.15, 0.2) is 53.4 Å². The summed E-state index contributed by atoms with van der Waals surface area (Å²) in [6.07, 6.45) is 0.404. The molecule has 6 nitrogen and oxygen atoms in total. The molecule has 0 amide bonds. The van der Waals surface area contributed by atoms with E-state index in [1.807, 2.05) is 24.3 Å². The molecule has 0 aliphatic carbocycles. The van der Waals surface area contributed by atoms with E-state index >= 15 is 0 Å². The molecule has 3 aromatic rings. The first-order valence-corrected chi connectivity index (χ1v) is 9.51. The van der Waals surface area contributed by atoms with Gasteiger partial charge >= 0.3 is 5.97 Å². The third kappa shape index (κ3) is 3.29. The highest BCUT2D eigenvalue weighted by molar-refractivity contribution is 7.85. The monoisotopic (exact) mass is 373 g/mol. The fourth-order valence-electron chi connectivity index (χ4n) is 2.63. The second-order valence-electron chi connectivity index (χ2n) is 6.45. The Balaban J connectivity index is 2.28. The molecule has 1 unspecified atom stereocenters. The van der Waals surface area contributed by atoms with Gasteiger partial charge in [-0.2, -0.15) is 8.42 Å². The van der Waals surface area contributed by atoms with E-state index in [0.29, 0.717) is 28.3 Å². The Labute approximate surface area is 151 Å². The first-order valence-electron chi connectivity index (χ1n) is 8.07. The van der Waals surface area contributed by atoms with Gasteiger partial charge in [0.2, 0.25) is 0 Å². The lowest BCUT2D eigenvalue weighted by Gasteiger charge is -2.21. The number of fused-ring (bicyclic) bond motifs is 2. The number of carbonyl (C=O) groups excluding carboxylic acids is 1. The van der Waals surface area contributed by atoms with Crippen LogP contribution in [0.1, 0.15) is 20.3 Å². The van der Waals surface area contributed by atoms with Gasteiger partial charge in [0, 0.05) is 10.8 Å². The van der Waals surface area contributed by atoms with Crippen molar-refractivity contribution in [2.24, 2.45) is 5.73 Å². The smallest absolute Gasteiger partial charge is 0.331 e. The van der Waals surface area contributed by atoms with Crippen molar-refractivity contribution in [1.82, 2.24) is 0 Å². The van der Waals surface area contributed by atoms with Gasteiger partial charge < -0.3 is 10.5 Å².